The molecule has 0 unspecified atom stereocenters. The third-order valence-corrected chi connectivity index (χ3v) is 4.78. The van der Waals surface area contributed by atoms with Gasteiger partial charge in [-0.15, -0.1) is 0 Å². The van der Waals surface area contributed by atoms with Gasteiger partial charge in [-0.05, 0) is 37.3 Å². The lowest BCUT2D eigenvalue weighted by molar-refractivity contribution is -0.849. The molecule has 1 aromatic carbocycles. The van der Waals surface area contributed by atoms with Gasteiger partial charge in [0.2, 0.25) is 0 Å². The highest BCUT2D eigenvalue weighted by Crippen LogP contribution is 2.37. The van der Waals surface area contributed by atoms with Crippen LogP contribution in [0.3, 0.4) is 0 Å². The van der Waals surface area contributed by atoms with Crippen molar-refractivity contribution < 1.29 is 33.1 Å². The van der Waals surface area contributed by atoms with Crippen molar-refractivity contribution in [3.63, 3.8) is 0 Å². The zero-order valence-corrected chi connectivity index (χ0v) is 20.0. The van der Waals surface area contributed by atoms with E-state index >= 15 is 0 Å². The zero-order chi connectivity index (χ0) is 24.8. The van der Waals surface area contributed by atoms with Gasteiger partial charge in [0.05, 0.1) is 45.5 Å². The number of aliphatic carboxylic acids is 1. The summed E-state index contributed by atoms with van der Waals surface area (Å²) in [5, 5.41) is 13.7. The molecule has 0 saturated heterocycles. The first-order valence-electron chi connectivity index (χ1n) is 10.5. The summed E-state index contributed by atoms with van der Waals surface area (Å²) in [6, 6.07) is 2.35. The fraction of sp³-hybridized carbons (Fsp3) is 0.435. The van der Waals surface area contributed by atoms with Gasteiger partial charge in [0.25, 0.3) is 11.8 Å². The molecule has 2 aliphatic rings. The lowest BCUT2D eigenvalue weighted by Crippen LogP contribution is -2.39. The molecular formula is C23H29ClFN3O5. The van der Waals surface area contributed by atoms with Gasteiger partial charge in [-0.1, -0.05) is 17.7 Å². The van der Waals surface area contributed by atoms with Crippen LogP contribution in [-0.4, -0.2) is 63.6 Å². The highest BCUT2D eigenvalue weighted by molar-refractivity contribution is 6.25. The van der Waals surface area contributed by atoms with Crippen LogP contribution in [0.4, 0.5) is 15.8 Å². The van der Waals surface area contributed by atoms with Gasteiger partial charge in [0, 0.05) is 23.7 Å². The van der Waals surface area contributed by atoms with E-state index in [1.807, 2.05) is 0 Å². The summed E-state index contributed by atoms with van der Waals surface area (Å²) in [6.45, 7) is -0.0895. The predicted molar refractivity (Wildman–Crippen MR) is 122 cm³/mol. The van der Waals surface area contributed by atoms with Crippen molar-refractivity contribution in [2.75, 3.05) is 51.6 Å². The first-order chi connectivity index (χ1) is 15.4. The molecule has 0 fully saturated rings. The maximum atomic E-state index is 14.5. The number of carboxylic acid groups (broad SMARTS) is 1. The molecule has 0 saturated carbocycles. The van der Waals surface area contributed by atoms with E-state index in [-0.39, 0.29) is 60.2 Å². The summed E-state index contributed by atoms with van der Waals surface area (Å²) in [5.74, 6) is -3.05. The lowest BCUT2D eigenvalue weighted by Gasteiger charge is -2.29. The van der Waals surface area contributed by atoms with E-state index in [0.29, 0.717) is 12.8 Å². The molecule has 0 bridgehead atoms. The number of carboxylic acids is 1. The number of ether oxygens (including phenoxy) is 1. The molecule has 8 nitrogen and oxygen atoms in total. The van der Waals surface area contributed by atoms with Gasteiger partial charge in [0.15, 0.2) is 12.4 Å². The Bertz CT molecular complexity index is 979. The second-order valence-corrected chi connectivity index (χ2v) is 9.30. The topological polar surface area (TPSA) is 98.8 Å². The first-order valence-corrected chi connectivity index (χ1v) is 10.9. The van der Waals surface area contributed by atoms with Gasteiger partial charge in [-0.3, -0.25) is 9.59 Å². The standard InChI is InChI=1S/C19H18ClFN2O5.C4H12N/c20-6-3-7-23-15-9-14(13(21)8-16(15)28-10-17(23)24)22-18(25)11-4-1-2-5-12(11)19(26)27;1-5(2,3)4/h3,6,8-9H,1-2,4-5,7,10H2,(H,22,25)(H,26,27);1-4H3/q;+1/p-1. The van der Waals surface area contributed by atoms with Crippen molar-refractivity contribution in [3.8, 4) is 5.75 Å². The van der Waals surface area contributed by atoms with Gasteiger partial charge < -0.3 is 29.3 Å². The maximum Gasteiger partial charge on any atom is 0.265 e. The van der Waals surface area contributed by atoms with Crippen molar-refractivity contribution >= 4 is 40.8 Å². The van der Waals surface area contributed by atoms with Crippen LogP contribution in [0.1, 0.15) is 25.7 Å². The van der Waals surface area contributed by atoms with Crippen LogP contribution in [0.15, 0.2) is 34.9 Å². The largest absolute Gasteiger partial charge is 0.545 e. The van der Waals surface area contributed by atoms with E-state index in [1.54, 1.807) is 0 Å². The average molecular weight is 482 g/mol. The Hall–Kier alpha value is -2.91. The van der Waals surface area contributed by atoms with Gasteiger partial charge in [0.1, 0.15) is 5.75 Å². The summed E-state index contributed by atoms with van der Waals surface area (Å²) in [4.78, 5) is 37.3. The summed E-state index contributed by atoms with van der Waals surface area (Å²) in [7, 11) is 8.50. The second-order valence-electron chi connectivity index (χ2n) is 9.04. The normalized spacial score (nSPS) is 16.1. The third-order valence-electron chi connectivity index (χ3n) is 4.61. The van der Waals surface area contributed by atoms with Crippen LogP contribution in [0.2, 0.25) is 0 Å². The number of anilines is 2. The minimum absolute atomic E-state index is 0.0606. The third kappa shape index (κ3) is 7.57. The van der Waals surface area contributed by atoms with Crippen molar-refractivity contribution in [1.29, 1.82) is 0 Å². The number of rotatable bonds is 5. The highest BCUT2D eigenvalue weighted by Gasteiger charge is 2.28. The first kappa shape index (κ1) is 26.3. The Labute approximate surface area is 197 Å². The van der Waals surface area contributed by atoms with Crippen LogP contribution in [0.25, 0.3) is 0 Å². The summed E-state index contributed by atoms with van der Waals surface area (Å²) in [5.41, 5.74) is 1.37. The zero-order valence-electron chi connectivity index (χ0n) is 19.2. The minimum atomic E-state index is -1.39. The molecule has 180 valence electrons. The molecule has 10 heteroatoms. The molecule has 1 aliphatic carbocycles. The van der Waals surface area contributed by atoms with E-state index in [9.17, 15) is 23.9 Å². The smallest absolute Gasteiger partial charge is 0.265 e. The molecule has 3 rings (SSSR count). The molecule has 1 N–H and O–H groups in total. The highest BCUT2D eigenvalue weighted by atomic mass is 35.5. The van der Waals surface area contributed by atoms with E-state index in [0.717, 1.165) is 10.5 Å². The number of carbonyl (C=O) groups excluding carboxylic acids is 3. The van der Waals surface area contributed by atoms with Gasteiger partial charge in [-0.25, -0.2) is 4.39 Å². The van der Waals surface area contributed by atoms with Crippen LogP contribution in [-0.2, 0) is 14.4 Å². The Kier molecular flexibility index (Phi) is 9.01. The molecule has 1 aromatic rings. The Morgan fingerprint density at radius 3 is 2.39 bits per heavy atom. The fourth-order valence-corrected chi connectivity index (χ4v) is 3.32. The van der Waals surface area contributed by atoms with Crippen molar-refractivity contribution in [3.05, 3.63) is 40.7 Å². The number of benzene rings is 1. The SMILES string of the molecule is C[N+](C)(C)C.O=C([O-])C1=C(C(=O)Nc2cc3c(cc2F)OCC(=O)N3CC=CCl)CCCC1. The number of fused-ring (bicyclic) bond motifs is 1. The summed E-state index contributed by atoms with van der Waals surface area (Å²) in [6.07, 6.45) is 3.35. The minimum Gasteiger partial charge on any atom is -0.545 e. The maximum absolute atomic E-state index is 14.5. The molecule has 0 radical (unpaired) electrons. The molecule has 0 aromatic heterocycles. The number of nitrogens with zero attached hydrogens (tertiary/aromatic N) is 2. The van der Waals surface area contributed by atoms with Crippen molar-refractivity contribution in [2.24, 2.45) is 0 Å². The summed E-state index contributed by atoms with van der Waals surface area (Å²) >= 11 is 5.52. The lowest BCUT2D eigenvalue weighted by atomic mass is 9.91. The quantitative estimate of drug-likeness (QED) is 0.650. The van der Waals surface area contributed by atoms with Crippen LogP contribution >= 0.6 is 11.6 Å². The van der Waals surface area contributed by atoms with E-state index < -0.39 is 17.7 Å². The van der Waals surface area contributed by atoms with E-state index in [4.69, 9.17) is 16.3 Å². The fourth-order valence-electron chi connectivity index (χ4n) is 3.24. The average Bonchev–Trinajstić information content (AvgIpc) is 2.72. The van der Waals surface area contributed by atoms with Crippen LogP contribution in [0.5, 0.6) is 5.75 Å². The number of halogens is 2. The number of quaternary nitrogens is 1. The second kappa shape index (κ2) is 11.3. The molecule has 1 aliphatic heterocycles. The van der Waals surface area contributed by atoms with E-state index in [1.165, 1.54) is 22.6 Å². The summed E-state index contributed by atoms with van der Waals surface area (Å²) < 4.78 is 20.7. The van der Waals surface area contributed by atoms with Crippen molar-refractivity contribution in [2.45, 2.75) is 25.7 Å². The Morgan fingerprint density at radius 1 is 1.21 bits per heavy atom. The number of hydrogen-bond donors (Lipinski definition) is 1. The monoisotopic (exact) mass is 481 g/mol. The molecular weight excluding hydrogens is 453 g/mol. The molecule has 0 atom stereocenters. The van der Waals surface area contributed by atoms with E-state index in [2.05, 4.69) is 33.5 Å². The molecule has 2 amide bonds. The molecule has 0 spiro atoms. The number of amides is 2. The number of hydrogen-bond acceptors (Lipinski definition) is 5. The van der Waals surface area contributed by atoms with Crippen molar-refractivity contribution in [1.82, 2.24) is 0 Å². The number of carbonyl (C=O) groups is 3. The molecule has 1 heterocycles. The Balaban J connectivity index is 0.000000696. The molecule has 33 heavy (non-hydrogen) atoms. The van der Waals surface area contributed by atoms with Crippen LogP contribution in [0, 0.1) is 5.82 Å². The predicted octanol–water partition coefficient (Wildman–Crippen LogP) is 2.18. The van der Waals surface area contributed by atoms with Gasteiger partial charge in [-0.2, -0.15) is 0 Å². The number of nitrogens with one attached hydrogen (secondary N) is 1. The van der Waals surface area contributed by atoms with Crippen LogP contribution < -0.4 is 20.1 Å². The Morgan fingerprint density at radius 2 is 1.82 bits per heavy atom. The van der Waals surface area contributed by atoms with Gasteiger partial charge >= 0.3 is 0 Å².